The summed E-state index contributed by atoms with van der Waals surface area (Å²) in [4.78, 5) is 4.01. The molecule has 32 heavy (non-hydrogen) atoms. The normalized spacial score (nSPS) is 12.3. The van der Waals surface area contributed by atoms with E-state index in [1.165, 1.54) is 30.5 Å². The van der Waals surface area contributed by atoms with Crippen molar-refractivity contribution in [2.75, 3.05) is 0 Å². The van der Waals surface area contributed by atoms with Gasteiger partial charge in [0.2, 0.25) is 5.89 Å². The molecule has 2 aromatic carbocycles. The molecule has 0 aliphatic carbocycles. The Labute approximate surface area is 177 Å². The zero-order valence-corrected chi connectivity index (χ0v) is 16.3. The first kappa shape index (κ1) is 21.5. The number of benzene rings is 2. The monoisotopic (exact) mass is 449 g/mol. The van der Waals surface area contributed by atoms with Gasteiger partial charge >= 0.3 is 12.4 Å². The number of halogens is 6. The smallest absolute Gasteiger partial charge is 0.418 e. The molecule has 0 saturated heterocycles. The van der Waals surface area contributed by atoms with E-state index >= 15 is 0 Å². The number of fused-ring (bicyclic) bond motifs is 1. The zero-order chi connectivity index (χ0) is 23.3. The SMILES string of the molecule is Cc1cc2c(C(F)(F)F)c(C#N)ccc2n1Cc1cnc(-c2cccc(C(F)(F)F)c2)o1. The van der Waals surface area contributed by atoms with E-state index in [9.17, 15) is 26.3 Å². The van der Waals surface area contributed by atoms with Gasteiger partial charge in [0.15, 0.2) is 0 Å². The Hall–Kier alpha value is -3.74. The molecule has 0 atom stereocenters. The minimum Gasteiger partial charge on any atom is -0.439 e. The summed E-state index contributed by atoms with van der Waals surface area (Å²) in [6.07, 6.45) is -7.92. The molecule has 164 valence electrons. The zero-order valence-electron chi connectivity index (χ0n) is 16.3. The van der Waals surface area contributed by atoms with Crippen LogP contribution in [0.5, 0.6) is 0 Å². The quantitative estimate of drug-likeness (QED) is 0.333. The largest absolute Gasteiger partial charge is 0.439 e. The van der Waals surface area contributed by atoms with Gasteiger partial charge in [-0.25, -0.2) is 4.98 Å². The van der Waals surface area contributed by atoms with Crippen molar-refractivity contribution < 1.29 is 30.8 Å². The summed E-state index contributed by atoms with van der Waals surface area (Å²) in [5.74, 6) is 0.207. The predicted octanol–water partition coefficient (Wildman–Crippen LogP) is 6.56. The van der Waals surface area contributed by atoms with Crippen LogP contribution in [0.3, 0.4) is 0 Å². The minimum absolute atomic E-state index is 0.00446. The first-order valence-corrected chi connectivity index (χ1v) is 9.21. The Morgan fingerprint density at radius 2 is 1.78 bits per heavy atom. The molecule has 0 fully saturated rings. The van der Waals surface area contributed by atoms with E-state index in [-0.39, 0.29) is 34.7 Å². The van der Waals surface area contributed by atoms with Crippen LogP contribution in [0.1, 0.15) is 28.1 Å². The van der Waals surface area contributed by atoms with E-state index in [0.717, 1.165) is 18.2 Å². The highest BCUT2D eigenvalue weighted by Crippen LogP contribution is 2.39. The standard InChI is InChI=1S/C22H13F6N3O/c1-12-7-17-18(6-5-14(9-29)19(17)22(26,27)28)31(12)11-16-10-30-20(32-16)13-3-2-4-15(8-13)21(23,24)25/h2-8,10H,11H2,1H3. The maximum absolute atomic E-state index is 13.6. The summed E-state index contributed by atoms with van der Waals surface area (Å²) in [6, 6.07) is 9.92. The Morgan fingerprint density at radius 3 is 2.44 bits per heavy atom. The fourth-order valence-corrected chi connectivity index (χ4v) is 3.57. The highest BCUT2D eigenvalue weighted by atomic mass is 19.4. The average Bonchev–Trinajstić information content (AvgIpc) is 3.31. The van der Waals surface area contributed by atoms with Crippen molar-refractivity contribution in [2.24, 2.45) is 0 Å². The van der Waals surface area contributed by atoms with Gasteiger partial charge in [0.1, 0.15) is 5.76 Å². The second kappa shape index (κ2) is 7.44. The van der Waals surface area contributed by atoms with Crippen molar-refractivity contribution in [3.63, 3.8) is 0 Å². The van der Waals surface area contributed by atoms with Crippen molar-refractivity contribution >= 4 is 10.9 Å². The van der Waals surface area contributed by atoms with Crippen LogP contribution in [-0.4, -0.2) is 9.55 Å². The molecular formula is C22H13F6N3O. The fraction of sp³-hybridized carbons (Fsp3) is 0.182. The third kappa shape index (κ3) is 3.82. The molecule has 0 N–H and O–H groups in total. The molecule has 0 radical (unpaired) electrons. The Kier molecular flexibility index (Phi) is 5.00. The maximum atomic E-state index is 13.6. The second-order valence-electron chi connectivity index (χ2n) is 7.11. The van der Waals surface area contributed by atoms with Crippen LogP contribution in [-0.2, 0) is 18.9 Å². The number of alkyl halides is 6. The average molecular weight is 449 g/mol. The molecule has 0 spiro atoms. The lowest BCUT2D eigenvalue weighted by Gasteiger charge is -2.11. The lowest BCUT2D eigenvalue weighted by atomic mass is 10.0. The molecule has 2 aromatic heterocycles. The number of hydrogen-bond donors (Lipinski definition) is 0. The predicted molar refractivity (Wildman–Crippen MR) is 102 cm³/mol. The van der Waals surface area contributed by atoms with Crippen LogP contribution in [0.25, 0.3) is 22.4 Å². The molecule has 4 nitrogen and oxygen atoms in total. The highest BCUT2D eigenvalue weighted by molar-refractivity contribution is 5.87. The number of nitriles is 1. The van der Waals surface area contributed by atoms with Gasteiger partial charge in [-0.2, -0.15) is 31.6 Å². The maximum Gasteiger partial charge on any atom is 0.418 e. The molecular weight excluding hydrogens is 436 g/mol. The van der Waals surface area contributed by atoms with Crippen molar-refractivity contribution in [3.8, 4) is 17.5 Å². The van der Waals surface area contributed by atoms with Crippen molar-refractivity contribution in [2.45, 2.75) is 25.8 Å². The molecule has 0 aliphatic rings. The van der Waals surface area contributed by atoms with Gasteiger partial charge in [0.05, 0.1) is 35.5 Å². The molecule has 0 bridgehead atoms. The van der Waals surface area contributed by atoms with Gasteiger partial charge in [-0.3, -0.25) is 0 Å². The van der Waals surface area contributed by atoms with Gasteiger partial charge in [0, 0.05) is 22.2 Å². The van der Waals surface area contributed by atoms with E-state index in [0.29, 0.717) is 5.69 Å². The third-order valence-corrected chi connectivity index (χ3v) is 5.00. The van der Waals surface area contributed by atoms with E-state index in [2.05, 4.69) is 4.98 Å². The summed E-state index contributed by atoms with van der Waals surface area (Å²) >= 11 is 0. The Morgan fingerprint density at radius 1 is 1.03 bits per heavy atom. The van der Waals surface area contributed by atoms with E-state index in [4.69, 9.17) is 9.68 Å². The number of aryl methyl sites for hydroxylation is 1. The number of oxazole rings is 1. The molecule has 0 saturated carbocycles. The first-order valence-electron chi connectivity index (χ1n) is 9.21. The van der Waals surface area contributed by atoms with Crippen molar-refractivity contribution in [1.29, 1.82) is 5.26 Å². The topological polar surface area (TPSA) is 54.8 Å². The summed E-state index contributed by atoms with van der Waals surface area (Å²) in [6.45, 7) is 1.61. The lowest BCUT2D eigenvalue weighted by molar-refractivity contribution is -0.138. The number of aromatic nitrogens is 2. The molecule has 0 amide bonds. The molecule has 0 unspecified atom stereocenters. The summed E-state index contributed by atoms with van der Waals surface area (Å²) in [5, 5.41) is 8.96. The molecule has 10 heteroatoms. The van der Waals surface area contributed by atoms with E-state index in [1.54, 1.807) is 17.6 Å². The van der Waals surface area contributed by atoms with Gasteiger partial charge in [-0.1, -0.05) is 6.07 Å². The van der Waals surface area contributed by atoms with Gasteiger partial charge < -0.3 is 8.98 Å². The summed E-state index contributed by atoms with van der Waals surface area (Å²) in [7, 11) is 0. The minimum atomic E-state index is -4.72. The van der Waals surface area contributed by atoms with E-state index < -0.39 is 29.0 Å². The molecule has 0 aliphatic heterocycles. The lowest BCUT2D eigenvalue weighted by Crippen LogP contribution is -2.09. The van der Waals surface area contributed by atoms with Crippen molar-refractivity contribution in [1.82, 2.24) is 9.55 Å². The summed E-state index contributed by atoms with van der Waals surface area (Å²) in [5.41, 5.74) is -1.49. The molecule has 4 rings (SSSR count). The molecule has 4 aromatic rings. The Bertz CT molecular complexity index is 1350. The second-order valence-corrected chi connectivity index (χ2v) is 7.11. The van der Waals surface area contributed by atoms with Crippen molar-refractivity contribution in [3.05, 3.63) is 76.8 Å². The molecule has 2 heterocycles. The van der Waals surface area contributed by atoms with Gasteiger partial charge in [-0.15, -0.1) is 0 Å². The number of rotatable bonds is 3. The van der Waals surface area contributed by atoms with Crippen LogP contribution in [0.4, 0.5) is 26.3 Å². The van der Waals surface area contributed by atoms with Crippen LogP contribution in [0.2, 0.25) is 0 Å². The van der Waals surface area contributed by atoms with Crippen LogP contribution >= 0.6 is 0 Å². The first-order chi connectivity index (χ1) is 15.0. The van der Waals surface area contributed by atoms with Gasteiger partial charge in [-0.05, 0) is 43.3 Å². The Balaban J connectivity index is 1.73. The third-order valence-electron chi connectivity index (χ3n) is 5.00. The van der Waals surface area contributed by atoms with Gasteiger partial charge in [0.25, 0.3) is 0 Å². The van der Waals surface area contributed by atoms with Crippen LogP contribution in [0, 0.1) is 18.3 Å². The fourth-order valence-electron chi connectivity index (χ4n) is 3.57. The van der Waals surface area contributed by atoms with Crippen LogP contribution in [0.15, 0.2) is 53.1 Å². The van der Waals surface area contributed by atoms with E-state index in [1.807, 2.05) is 0 Å². The summed E-state index contributed by atoms with van der Waals surface area (Å²) < 4.78 is 86.7. The van der Waals surface area contributed by atoms with Crippen LogP contribution < -0.4 is 0 Å². The number of nitrogens with zero attached hydrogens (tertiary/aromatic N) is 3. The number of hydrogen-bond acceptors (Lipinski definition) is 3. The highest BCUT2D eigenvalue weighted by Gasteiger charge is 2.36.